The number of sulfone groups is 1. The quantitative estimate of drug-likeness (QED) is 0.587. The van der Waals surface area contributed by atoms with Gasteiger partial charge in [-0.25, -0.2) is 8.42 Å². The van der Waals surface area contributed by atoms with E-state index in [1.54, 1.807) is 0 Å². The summed E-state index contributed by atoms with van der Waals surface area (Å²) in [6, 6.07) is 7.49. The number of carbonyl (C=O) groups is 1. The SMILES string of the molecule is CS(=O)(=O)C1CCCC(C(=O)c2ccccc2I)C1. The van der Waals surface area contributed by atoms with Gasteiger partial charge in [-0.3, -0.25) is 4.79 Å². The van der Waals surface area contributed by atoms with Gasteiger partial charge in [-0.15, -0.1) is 0 Å². The van der Waals surface area contributed by atoms with Gasteiger partial charge < -0.3 is 0 Å². The first-order valence-electron chi connectivity index (χ1n) is 6.37. The maximum atomic E-state index is 12.5. The van der Waals surface area contributed by atoms with Crippen molar-refractivity contribution in [2.75, 3.05) is 6.26 Å². The molecule has 2 unspecified atom stereocenters. The summed E-state index contributed by atoms with van der Waals surface area (Å²) in [5.41, 5.74) is 0.724. The van der Waals surface area contributed by atoms with Gasteiger partial charge in [-0.2, -0.15) is 0 Å². The minimum absolute atomic E-state index is 0.0957. The third-order valence-corrected chi connectivity index (χ3v) is 6.32. The smallest absolute Gasteiger partial charge is 0.167 e. The first-order chi connectivity index (χ1) is 8.89. The van der Waals surface area contributed by atoms with Crippen LogP contribution >= 0.6 is 22.6 Å². The summed E-state index contributed by atoms with van der Waals surface area (Å²) in [4.78, 5) is 12.5. The molecule has 1 fully saturated rings. The summed E-state index contributed by atoms with van der Waals surface area (Å²) >= 11 is 2.15. The van der Waals surface area contributed by atoms with Gasteiger partial charge in [-0.1, -0.05) is 24.6 Å². The fourth-order valence-electron chi connectivity index (χ4n) is 2.65. The number of Topliss-reactive ketones (excluding diaryl/α,β-unsaturated/α-hetero) is 1. The van der Waals surface area contributed by atoms with Gasteiger partial charge in [0.25, 0.3) is 0 Å². The van der Waals surface area contributed by atoms with E-state index in [4.69, 9.17) is 0 Å². The van der Waals surface area contributed by atoms with Crippen molar-refractivity contribution < 1.29 is 13.2 Å². The van der Waals surface area contributed by atoms with Gasteiger partial charge in [0.1, 0.15) is 9.84 Å². The van der Waals surface area contributed by atoms with E-state index in [1.165, 1.54) is 6.26 Å². The van der Waals surface area contributed by atoms with Crippen LogP contribution in [0.1, 0.15) is 36.0 Å². The molecule has 1 aliphatic rings. The van der Waals surface area contributed by atoms with Crippen LogP contribution in [0.3, 0.4) is 0 Å². The lowest BCUT2D eigenvalue weighted by molar-refractivity contribution is 0.0890. The van der Waals surface area contributed by atoms with Gasteiger partial charge in [0, 0.05) is 21.3 Å². The Bertz CT molecular complexity index is 580. The normalized spacial score (nSPS) is 24.1. The van der Waals surface area contributed by atoms with Crippen molar-refractivity contribution >= 4 is 38.2 Å². The van der Waals surface area contributed by atoms with E-state index in [1.807, 2.05) is 24.3 Å². The highest BCUT2D eigenvalue weighted by atomic mass is 127. The molecule has 2 atom stereocenters. The van der Waals surface area contributed by atoms with Gasteiger partial charge in [0.15, 0.2) is 5.78 Å². The largest absolute Gasteiger partial charge is 0.294 e. The zero-order valence-electron chi connectivity index (χ0n) is 10.8. The molecule has 5 heteroatoms. The molecule has 0 heterocycles. The molecule has 0 N–H and O–H groups in total. The van der Waals surface area contributed by atoms with Crippen molar-refractivity contribution in [1.29, 1.82) is 0 Å². The molecule has 1 saturated carbocycles. The minimum atomic E-state index is -3.04. The Morgan fingerprint density at radius 3 is 2.58 bits per heavy atom. The monoisotopic (exact) mass is 392 g/mol. The number of ketones is 1. The molecule has 0 amide bonds. The number of carbonyl (C=O) groups excluding carboxylic acids is 1. The topological polar surface area (TPSA) is 51.2 Å². The summed E-state index contributed by atoms with van der Waals surface area (Å²) in [5, 5.41) is -0.350. The zero-order chi connectivity index (χ0) is 14.0. The second kappa shape index (κ2) is 5.91. The summed E-state index contributed by atoms with van der Waals surface area (Å²) in [5.74, 6) is -0.0530. The summed E-state index contributed by atoms with van der Waals surface area (Å²) in [6.45, 7) is 0. The second-order valence-electron chi connectivity index (χ2n) is 5.16. The van der Waals surface area contributed by atoms with Crippen molar-refractivity contribution in [3.05, 3.63) is 33.4 Å². The van der Waals surface area contributed by atoms with E-state index in [9.17, 15) is 13.2 Å². The third-order valence-electron chi connectivity index (χ3n) is 3.74. The lowest BCUT2D eigenvalue weighted by Crippen LogP contribution is -2.31. The fraction of sp³-hybridized carbons (Fsp3) is 0.500. The minimum Gasteiger partial charge on any atom is -0.294 e. The van der Waals surface area contributed by atoms with Gasteiger partial charge in [0.05, 0.1) is 5.25 Å². The molecule has 104 valence electrons. The average molecular weight is 392 g/mol. The van der Waals surface area contributed by atoms with Crippen molar-refractivity contribution in [3.63, 3.8) is 0 Å². The summed E-state index contributed by atoms with van der Waals surface area (Å²) in [7, 11) is -3.04. The highest BCUT2D eigenvalue weighted by Gasteiger charge is 2.33. The molecule has 0 radical (unpaired) electrons. The van der Waals surface area contributed by atoms with Crippen LogP contribution in [0.2, 0.25) is 0 Å². The second-order valence-corrected chi connectivity index (χ2v) is 8.65. The molecular weight excluding hydrogens is 375 g/mol. The Morgan fingerprint density at radius 2 is 1.95 bits per heavy atom. The molecule has 0 aromatic heterocycles. The van der Waals surface area contributed by atoms with Crippen LogP contribution in [0.4, 0.5) is 0 Å². The first kappa shape index (κ1) is 15.0. The number of rotatable bonds is 3. The molecule has 0 saturated heterocycles. The van der Waals surface area contributed by atoms with Crippen molar-refractivity contribution in [1.82, 2.24) is 0 Å². The highest BCUT2D eigenvalue weighted by Crippen LogP contribution is 2.31. The summed E-state index contributed by atoms with van der Waals surface area (Å²) < 4.78 is 24.2. The average Bonchev–Trinajstić information content (AvgIpc) is 2.38. The molecular formula is C14H17IO3S. The van der Waals surface area contributed by atoms with Gasteiger partial charge >= 0.3 is 0 Å². The van der Waals surface area contributed by atoms with E-state index in [0.717, 1.165) is 22.0 Å². The first-order valence-corrected chi connectivity index (χ1v) is 9.40. The van der Waals surface area contributed by atoms with Crippen LogP contribution in [-0.4, -0.2) is 25.7 Å². The van der Waals surface area contributed by atoms with Crippen LogP contribution in [0, 0.1) is 9.49 Å². The molecule has 1 aromatic carbocycles. The van der Waals surface area contributed by atoms with E-state index in [0.29, 0.717) is 12.8 Å². The van der Waals surface area contributed by atoms with Crippen molar-refractivity contribution in [2.24, 2.45) is 5.92 Å². The highest BCUT2D eigenvalue weighted by molar-refractivity contribution is 14.1. The van der Waals surface area contributed by atoms with E-state index in [-0.39, 0.29) is 17.0 Å². The Morgan fingerprint density at radius 1 is 1.26 bits per heavy atom. The lowest BCUT2D eigenvalue weighted by Gasteiger charge is -2.27. The maximum Gasteiger partial charge on any atom is 0.167 e. The standard InChI is InChI=1S/C14H17IO3S/c1-19(17,18)11-6-4-5-10(9-11)14(16)12-7-2-3-8-13(12)15/h2-3,7-8,10-11H,4-6,9H2,1H3. The van der Waals surface area contributed by atoms with Crippen LogP contribution in [0.15, 0.2) is 24.3 Å². The van der Waals surface area contributed by atoms with Gasteiger partial charge in [0.2, 0.25) is 0 Å². The van der Waals surface area contributed by atoms with Crippen LogP contribution in [-0.2, 0) is 9.84 Å². The van der Waals surface area contributed by atoms with E-state index < -0.39 is 9.84 Å². The van der Waals surface area contributed by atoms with Crippen LogP contribution in [0.25, 0.3) is 0 Å². The molecule has 2 rings (SSSR count). The summed E-state index contributed by atoms with van der Waals surface area (Å²) in [6.07, 6.45) is 4.06. The van der Waals surface area contributed by atoms with Crippen molar-refractivity contribution in [2.45, 2.75) is 30.9 Å². The van der Waals surface area contributed by atoms with Crippen LogP contribution < -0.4 is 0 Å². The Kier molecular flexibility index (Phi) is 4.66. The molecule has 3 nitrogen and oxygen atoms in total. The Labute approximate surface area is 127 Å². The predicted octanol–water partition coefficient (Wildman–Crippen LogP) is 3.08. The molecule has 19 heavy (non-hydrogen) atoms. The molecule has 0 spiro atoms. The molecule has 0 bridgehead atoms. The van der Waals surface area contributed by atoms with Crippen LogP contribution in [0.5, 0.6) is 0 Å². The predicted molar refractivity (Wildman–Crippen MR) is 84.1 cm³/mol. The number of halogens is 1. The maximum absolute atomic E-state index is 12.5. The fourth-order valence-corrected chi connectivity index (χ4v) is 4.48. The number of hydrogen-bond donors (Lipinski definition) is 0. The number of hydrogen-bond acceptors (Lipinski definition) is 3. The van der Waals surface area contributed by atoms with Crippen molar-refractivity contribution in [3.8, 4) is 0 Å². The Balaban J connectivity index is 2.19. The zero-order valence-corrected chi connectivity index (χ0v) is 13.8. The van der Waals surface area contributed by atoms with E-state index in [2.05, 4.69) is 22.6 Å². The van der Waals surface area contributed by atoms with E-state index >= 15 is 0 Å². The van der Waals surface area contributed by atoms with Gasteiger partial charge in [-0.05, 0) is 47.9 Å². The number of benzene rings is 1. The lowest BCUT2D eigenvalue weighted by atomic mass is 9.83. The molecule has 1 aromatic rings. The molecule has 0 aliphatic heterocycles. The third kappa shape index (κ3) is 3.56. The Hall–Kier alpha value is -0.430. The molecule has 1 aliphatic carbocycles.